The molecule has 4 heteroatoms. The van der Waals surface area contributed by atoms with Crippen molar-refractivity contribution in [3.63, 3.8) is 0 Å². The average Bonchev–Trinajstić information content (AvgIpc) is 3.09. The second-order valence-corrected chi connectivity index (χ2v) is 6.91. The zero-order valence-electron chi connectivity index (χ0n) is 14.3. The van der Waals surface area contributed by atoms with Crippen molar-refractivity contribution in [2.75, 3.05) is 5.32 Å². The molecule has 0 atom stereocenters. The van der Waals surface area contributed by atoms with Gasteiger partial charge in [-0.25, -0.2) is 4.98 Å². The van der Waals surface area contributed by atoms with E-state index in [1.807, 2.05) is 35.7 Å². The van der Waals surface area contributed by atoms with Crippen LogP contribution in [0.25, 0.3) is 17.3 Å². The topological polar surface area (TPSA) is 42.0 Å². The number of carbonyl (C=O) groups excluding carboxylic acids is 1. The van der Waals surface area contributed by atoms with E-state index in [1.54, 1.807) is 6.08 Å². The van der Waals surface area contributed by atoms with Gasteiger partial charge in [0.1, 0.15) is 0 Å². The Labute approximate surface area is 152 Å². The standard InChI is InChI=1S/C21H20N2OS/c1-15(2)17-9-11-18(12-10-17)19-14-25-21(22-19)23-20(24)13-8-16-6-4-3-5-7-16/h3-15H,1-2H3,(H,22,23,24). The first kappa shape index (κ1) is 17.1. The summed E-state index contributed by atoms with van der Waals surface area (Å²) in [7, 11) is 0. The van der Waals surface area contributed by atoms with Gasteiger partial charge in [-0.1, -0.05) is 68.4 Å². The van der Waals surface area contributed by atoms with E-state index >= 15 is 0 Å². The van der Waals surface area contributed by atoms with Crippen LogP contribution >= 0.6 is 11.3 Å². The van der Waals surface area contributed by atoms with Gasteiger partial charge < -0.3 is 0 Å². The van der Waals surface area contributed by atoms with Crippen molar-refractivity contribution in [3.8, 4) is 11.3 Å². The van der Waals surface area contributed by atoms with Crippen molar-refractivity contribution >= 4 is 28.5 Å². The van der Waals surface area contributed by atoms with Crippen LogP contribution in [0, 0.1) is 0 Å². The Hall–Kier alpha value is -2.72. The Morgan fingerprint density at radius 1 is 1.08 bits per heavy atom. The number of nitrogens with zero attached hydrogens (tertiary/aromatic N) is 1. The molecule has 1 heterocycles. The van der Waals surface area contributed by atoms with Gasteiger partial charge in [0.05, 0.1) is 5.69 Å². The van der Waals surface area contributed by atoms with Crippen molar-refractivity contribution in [3.05, 3.63) is 77.2 Å². The smallest absolute Gasteiger partial charge is 0.250 e. The van der Waals surface area contributed by atoms with Crippen LogP contribution in [0.15, 0.2) is 66.1 Å². The fraction of sp³-hybridized carbons (Fsp3) is 0.143. The molecule has 0 aliphatic carbocycles. The van der Waals surface area contributed by atoms with E-state index in [2.05, 4.69) is 48.4 Å². The summed E-state index contributed by atoms with van der Waals surface area (Å²) in [5.41, 5.74) is 4.23. The van der Waals surface area contributed by atoms with Crippen molar-refractivity contribution in [2.45, 2.75) is 19.8 Å². The van der Waals surface area contributed by atoms with Crippen LogP contribution < -0.4 is 5.32 Å². The van der Waals surface area contributed by atoms with Gasteiger partial charge in [-0.05, 0) is 23.1 Å². The number of hydrogen-bond acceptors (Lipinski definition) is 3. The summed E-state index contributed by atoms with van der Waals surface area (Å²) in [5, 5.41) is 5.38. The maximum Gasteiger partial charge on any atom is 0.250 e. The predicted octanol–water partition coefficient (Wildman–Crippen LogP) is 5.59. The molecule has 0 unspecified atom stereocenters. The summed E-state index contributed by atoms with van der Waals surface area (Å²) < 4.78 is 0. The third kappa shape index (κ3) is 4.64. The largest absolute Gasteiger partial charge is 0.298 e. The van der Waals surface area contributed by atoms with Crippen molar-refractivity contribution in [2.24, 2.45) is 0 Å². The average molecular weight is 348 g/mol. The van der Waals surface area contributed by atoms with E-state index in [1.165, 1.54) is 23.0 Å². The van der Waals surface area contributed by atoms with Crippen LogP contribution in [0.4, 0.5) is 5.13 Å². The van der Waals surface area contributed by atoms with Crippen LogP contribution in [0.5, 0.6) is 0 Å². The molecule has 0 spiro atoms. The summed E-state index contributed by atoms with van der Waals surface area (Å²) in [6.45, 7) is 4.35. The number of anilines is 1. The summed E-state index contributed by atoms with van der Waals surface area (Å²) in [5.74, 6) is 0.329. The highest BCUT2D eigenvalue weighted by atomic mass is 32.1. The third-order valence-corrected chi connectivity index (χ3v) is 4.59. The maximum atomic E-state index is 12.0. The van der Waals surface area contributed by atoms with Gasteiger partial charge in [-0.3, -0.25) is 10.1 Å². The highest BCUT2D eigenvalue weighted by molar-refractivity contribution is 7.14. The van der Waals surface area contributed by atoms with E-state index in [9.17, 15) is 4.79 Å². The molecule has 1 N–H and O–H groups in total. The Morgan fingerprint density at radius 3 is 2.48 bits per heavy atom. The molecule has 3 aromatic rings. The molecule has 0 saturated carbocycles. The minimum Gasteiger partial charge on any atom is -0.298 e. The molecule has 0 aliphatic heterocycles. The molecular weight excluding hydrogens is 328 g/mol. The van der Waals surface area contributed by atoms with Crippen LogP contribution in [0.3, 0.4) is 0 Å². The zero-order valence-corrected chi connectivity index (χ0v) is 15.1. The maximum absolute atomic E-state index is 12.0. The Bertz CT molecular complexity index is 864. The molecule has 3 rings (SSSR count). The first-order valence-electron chi connectivity index (χ1n) is 8.22. The SMILES string of the molecule is CC(C)c1ccc(-c2csc(NC(=O)C=Cc3ccccc3)n2)cc1. The van der Waals surface area contributed by atoms with E-state index in [4.69, 9.17) is 0 Å². The number of nitrogens with one attached hydrogen (secondary N) is 1. The summed E-state index contributed by atoms with van der Waals surface area (Å²) in [6, 6.07) is 18.1. The highest BCUT2D eigenvalue weighted by Gasteiger charge is 2.07. The second kappa shape index (κ2) is 7.90. The number of carbonyl (C=O) groups is 1. The molecule has 3 nitrogen and oxygen atoms in total. The first-order chi connectivity index (χ1) is 12.1. The van der Waals surface area contributed by atoms with E-state index in [0.717, 1.165) is 16.8 Å². The highest BCUT2D eigenvalue weighted by Crippen LogP contribution is 2.26. The lowest BCUT2D eigenvalue weighted by Crippen LogP contribution is -2.07. The fourth-order valence-electron chi connectivity index (χ4n) is 2.39. The number of aromatic nitrogens is 1. The molecule has 0 bridgehead atoms. The van der Waals surface area contributed by atoms with Crippen molar-refractivity contribution < 1.29 is 4.79 Å². The van der Waals surface area contributed by atoms with Gasteiger partial charge in [0, 0.05) is 17.0 Å². The molecule has 25 heavy (non-hydrogen) atoms. The molecule has 0 saturated heterocycles. The van der Waals surface area contributed by atoms with E-state index in [-0.39, 0.29) is 5.91 Å². The monoisotopic (exact) mass is 348 g/mol. The summed E-state index contributed by atoms with van der Waals surface area (Å²) >= 11 is 1.43. The Kier molecular flexibility index (Phi) is 5.41. The molecule has 126 valence electrons. The molecular formula is C21H20N2OS. The van der Waals surface area contributed by atoms with Gasteiger partial charge in [0.2, 0.25) is 5.91 Å². The summed E-state index contributed by atoms with van der Waals surface area (Å²) in [4.78, 5) is 16.5. The van der Waals surface area contributed by atoms with Gasteiger partial charge in [0.15, 0.2) is 5.13 Å². The quantitative estimate of drug-likeness (QED) is 0.611. The molecule has 2 aromatic carbocycles. The van der Waals surface area contributed by atoms with Gasteiger partial charge in [-0.2, -0.15) is 0 Å². The fourth-order valence-corrected chi connectivity index (χ4v) is 3.11. The van der Waals surface area contributed by atoms with Crippen LogP contribution in [-0.2, 0) is 4.79 Å². The molecule has 0 radical (unpaired) electrons. The number of amides is 1. The molecule has 0 aliphatic rings. The van der Waals surface area contributed by atoms with Gasteiger partial charge in [0.25, 0.3) is 0 Å². The lowest BCUT2D eigenvalue weighted by atomic mass is 10.0. The first-order valence-corrected chi connectivity index (χ1v) is 9.10. The number of benzene rings is 2. The normalized spacial score (nSPS) is 11.2. The van der Waals surface area contributed by atoms with Crippen LogP contribution in [0.2, 0.25) is 0 Å². The lowest BCUT2D eigenvalue weighted by Gasteiger charge is -2.05. The molecule has 1 aromatic heterocycles. The molecule has 1 amide bonds. The van der Waals surface area contributed by atoms with Crippen molar-refractivity contribution in [1.29, 1.82) is 0 Å². The number of thiazole rings is 1. The predicted molar refractivity (Wildman–Crippen MR) is 106 cm³/mol. The van der Waals surface area contributed by atoms with Crippen LogP contribution in [-0.4, -0.2) is 10.9 Å². The number of hydrogen-bond donors (Lipinski definition) is 1. The third-order valence-electron chi connectivity index (χ3n) is 3.83. The Morgan fingerprint density at radius 2 is 1.80 bits per heavy atom. The van der Waals surface area contributed by atoms with E-state index in [0.29, 0.717) is 11.0 Å². The summed E-state index contributed by atoms with van der Waals surface area (Å²) in [6.07, 6.45) is 3.31. The van der Waals surface area contributed by atoms with Crippen molar-refractivity contribution in [1.82, 2.24) is 4.98 Å². The minimum absolute atomic E-state index is 0.181. The number of rotatable bonds is 5. The van der Waals surface area contributed by atoms with Gasteiger partial charge in [-0.15, -0.1) is 11.3 Å². The Balaban J connectivity index is 1.65. The van der Waals surface area contributed by atoms with E-state index < -0.39 is 0 Å². The zero-order chi connectivity index (χ0) is 17.6. The molecule has 0 fully saturated rings. The van der Waals surface area contributed by atoms with Gasteiger partial charge >= 0.3 is 0 Å². The second-order valence-electron chi connectivity index (χ2n) is 6.05. The lowest BCUT2D eigenvalue weighted by molar-refractivity contribution is -0.111. The van der Waals surface area contributed by atoms with Crippen LogP contribution in [0.1, 0.15) is 30.9 Å². The minimum atomic E-state index is -0.181.